The zero-order chi connectivity index (χ0) is 24.4. The summed E-state index contributed by atoms with van der Waals surface area (Å²) in [5.41, 5.74) is -5.06. The van der Waals surface area contributed by atoms with Gasteiger partial charge in [-0.25, -0.2) is 13.2 Å². The average molecular weight is 503 g/mol. The summed E-state index contributed by atoms with van der Waals surface area (Å²) in [6.45, 7) is 4.65. The lowest BCUT2D eigenvalue weighted by Crippen LogP contribution is -2.77. The highest BCUT2D eigenvalue weighted by atomic mass is 32.2. The highest BCUT2D eigenvalue weighted by molar-refractivity contribution is 7.92. The Hall–Kier alpha value is -2.38. The molecule has 4 saturated heterocycles. The van der Waals surface area contributed by atoms with Crippen LogP contribution in [0.4, 0.5) is 18.0 Å². The van der Waals surface area contributed by atoms with Gasteiger partial charge in [-0.15, -0.1) is 0 Å². The number of urea groups is 1. The van der Waals surface area contributed by atoms with E-state index in [1.54, 1.807) is 9.80 Å². The highest BCUT2D eigenvalue weighted by Gasteiger charge is 2.54. The number of rotatable bonds is 3. The molecule has 2 spiro atoms. The van der Waals surface area contributed by atoms with Crippen LogP contribution >= 0.6 is 0 Å². The fourth-order valence-electron chi connectivity index (χ4n) is 5.38. The van der Waals surface area contributed by atoms with Crippen molar-refractivity contribution in [2.45, 2.75) is 28.9 Å². The fraction of sp³-hybridized carbons (Fsp3) is 0.619. The number of ether oxygens (including phenoxy) is 1. The zero-order valence-corrected chi connectivity index (χ0v) is 19.1. The summed E-state index contributed by atoms with van der Waals surface area (Å²) in [7, 11) is -5.35. The van der Waals surface area contributed by atoms with Gasteiger partial charge in [-0.1, -0.05) is 12.1 Å². The van der Waals surface area contributed by atoms with E-state index in [9.17, 15) is 31.2 Å². The van der Waals surface area contributed by atoms with Gasteiger partial charge in [0, 0.05) is 44.7 Å². The third-order valence-corrected chi connectivity index (χ3v) is 8.56. The molecular formula is C21H25F3N4O5S. The third-order valence-electron chi connectivity index (χ3n) is 7.06. The molecule has 1 aromatic rings. The number of amides is 3. The molecule has 1 N–H and O–H groups in total. The number of hydrogen-bond acceptors (Lipinski definition) is 6. The van der Waals surface area contributed by atoms with E-state index >= 15 is 0 Å². The van der Waals surface area contributed by atoms with Crippen molar-refractivity contribution in [2.24, 2.45) is 5.41 Å². The summed E-state index contributed by atoms with van der Waals surface area (Å²) >= 11 is 0. The number of carbonyl (C=O) groups is 2. The number of hydrogen-bond donors (Lipinski definition) is 1. The van der Waals surface area contributed by atoms with Crippen molar-refractivity contribution in [2.75, 3.05) is 52.5 Å². The van der Waals surface area contributed by atoms with E-state index in [1.165, 1.54) is 12.1 Å². The lowest BCUT2D eigenvalue weighted by molar-refractivity contribution is -0.142. The SMILES string of the molecule is O=C1COCC2(CN(C(=O)N3CC4(CCN(Cc5ccc(S(=O)(=O)C(F)(F)F)cc5)C4)C3)C2)N1. The van der Waals surface area contributed by atoms with Crippen molar-refractivity contribution in [1.29, 1.82) is 0 Å². The van der Waals surface area contributed by atoms with Gasteiger partial charge < -0.3 is 19.9 Å². The van der Waals surface area contributed by atoms with E-state index < -0.39 is 25.8 Å². The van der Waals surface area contributed by atoms with E-state index in [0.717, 1.165) is 37.2 Å². The minimum atomic E-state index is -5.35. The zero-order valence-electron chi connectivity index (χ0n) is 18.3. The van der Waals surface area contributed by atoms with Crippen molar-refractivity contribution in [3.05, 3.63) is 29.8 Å². The van der Waals surface area contributed by atoms with E-state index in [4.69, 9.17) is 4.74 Å². The lowest BCUT2D eigenvalue weighted by atomic mass is 9.79. The van der Waals surface area contributed by atoms with Gasteiger partial charge in [-0.2, -0.15) is 13.2 Å². The molecule has 0 bridgehead atoms. The van der Waals surface area contributed by atoms with Gasteiger partial charge >= 0.3 is 11.5 Å². The largest absolute Gasteiger partial charge is 0.501 e. The molecule has 3 amide bonds. The summed E-state index contributed by atoms with van der Waals surface area (Å²) in [6.07, 6.45) is 0.908. The van der Waals surface area contributed by atoms with Crippen LogP contribution < -0.4 is 5.32 Å². The molecule has 0 aliphatic carbocycles. The Labute approximate surface area is 194 Å². The Morgan fingerprint density at radius 2 is 1.71 bits per heavy atom. The first kappa shape index (κ1) is 23.4. The molecule has 5 rings (SSSR count). The monoisotopic (exact) mass is 502 g/mol. The first-order chi connectivity index (χ1) is 15.9. The molecule has 4 fully saturated rings. The number of halogens is 3. The molecule has 9 nitrogen and oxygen atoms in total. The van der Waals surface area contributed by atoms with Crippen LogP contribution in [0.2, 0.25) is 0 Å². The number of alkyl halides is 3. The van der Waals surface area contributed by atoms with Gasteiger partial charge in [0.05, 0.1) is 17.0 Å². The quantitative estimate of drug-likeness (QED) is 0.657. The van der Waals surface area contributed by atoms with Crippen LogP contribution in [-0.2, 0) is 25.9 Å². The van der Waals surface area contributed by atoms with Gasteiger partial charge in [-0.05, 0) is 30.7 Å². The molecule has 0 atom stereocenters. The molecule has 0 radical (unpaired) electrons. The van der Waals surface area contributed by atoms with Gasteiger partial charge in [-0.3, -0.25) is 9.69 Å². The Kier molecular flexibility index (Phi) is 5.37. The second-order valence-electron chi connectivity index (χ2n) is 9.87. The van der Waals surface area contributed by atoms with E-state index in [1.807, 2.05) is 0 Å². The first-order valence-corrected chi connectivity index (χ1v) is 12.4. The smallest absolute Gasteiger partial charge is 0.369 e. The molecule has 4 aliphatic heterocycles. The number of benzene rings is 1. The minimum absolute atomic E-state index is 0.0000555. The Morgan fingerprint density at radius 3 is 2.32 bits per heavy atom. The van der Waals surface area contributed by atoms with Crippen molar-refractivity contribution in [1.82, 2.24) is 20.0 Å². The average Bonchev–Trinajstić information content (AvgIpc) is 3.14. The first-order valence-electron chi connectivity index (χ1n) is 11.0. The Morgan fingerprint density at radius 1 is 1.06 bits per heavy atom. The normalized spacial score (nSPS) is 24.1. The van der Waals surface area contributed by atoms with Crippen LogP contribution in [0, 0.1) is 5.41 Å². The highest BCUT2D eigenvalue weighted by Crippen LogP contribution is 2.41. The van der Waals surface area contributed by atoms with Crippen LogP contribution in [0.25, 0.3) is 0 Å². The van der Waals surface area contributed by atoms with Crippen LogP contribution in [0.3, 0.4) is 0 Å². The maximum absolute atomic E-state index is 12.8. The molecule has 4 heterocycles. The summed E-state index contributed by atoms with van der Waals surface area (Å²) in [5.74, 6) is -0.163. The standard InChI is InChI=1S/C21H25F3N4O5S/c22-21(23,24)34(31,32)16-3-1-15(2-4-16)7-26-6-5-19(9-26)10-27(11-19)18(30)28-12-20(13-28)14-33-8-17(29)25-20/h1-4H,5-14H2,(H,25,29). The summed E-state index contributed by atoms with van der Waals surface area (Å²) in [6, 6.07) is 4.76. The van der Waals surface area contributed by atoms with Gasteiger partial charge in [0.25, 0.3) is 9.84 Å². The number of likely N-dealkylation sites (tertiary alicyclic amines) is 3. The maximum atomic E-state index is 12.8. The van der Waals surface area contributed by atoms with Crippen molar-refractivity contribution < 1.29 is 35.9 Å². The molecule has 1 aromatic carbocycles. The predicted molar refractivity (Wildman–Crippen MR) is 112 cm³/mol. The molecule has 0 aromatic heterocycles. The summed E-state index contributed by atoms with van der Waals surface area (Å²) < 4.78 is 66.4. The minimum Gasteiger partial charge on any atom is -0.369 e. The molecule has 4 aliphatic rings. The number of morpholine rings is 1. The second kappa shape index (κ2) is 7.82. The number of nitrogens with one attached hydrogen (secondary N) is 1. The number of carbonyl (C=O) groups excluding carboxylic acids is 2. The molecule has 0 saturated carbocycles. The van der Waals surface area contributed by atoms with Crippen molar-refractivity contribution >= 4 is 21.8 Å². The molecule has 186 valence electrons. The van der Waals surface area contributed by atoms with Gasteiger partial charge in [0.15, 0.2) is 0 Å². The van der Waals surface area contributed by atoms with Gasteiger partial charge in [0.2, 0.25) is 5.91 Å². The van der Waals surface area contributed by atoms with Crippen molar-refractivity contribution in [3.63, 3.8) is 0 Å². The van der Waals surface area contributed by atoms with Crippen LogP contribution in [0.15, 0.2) is 29.2 Å². The molecule has 34 heavy (non-hydrogen) atoms. The Bertz CT molecular complexity index is 1100. The van der Waals surface area contributed by atoms with Crippen LogP contribution in [0.5, 0.6) is 0 Å². The Balaban J connectivity index is 1.11. The maximum Gasteiger partial charge on any atom is 0.501 e. The molecular weight excluding hydrogens is 477 g/mol. The van der Waals surface area contributed by atoms with Gasteiger partial charge in [0.1, 0.15) is 6.61 Å². The summed E-state index contributed by atoms with van der Waals surface area (Å²) in [5, 5.41) is 2.91. The second-order valence-corrected chi connectivity index (χ2v) is 11.8. The van der Waals surface area contributed by atoms with E-state index in [2.05, 4.69) is 10.2 Å². The van der Waals surface area contributed by atoms with E-state index in [-0.39, 0.29) is 24.0 Å². The topological polar surface area (TPSA) is 99.3 Å². The molecule has 0 unspecified atom stereocenters. The third kappa shape index (κ3) is 4.03. The van der Waals surface area contributed by atoms with E-state index in [0.29, 0.717) is 39.3 Å². The summed E-state index contributed by atoms with van der Waals surface area (Å²) in [4.78, 5) is 29.2. The number of sulfone groups is 1. The lowest BCUT2D eigenvalue weighted by Gasteiger charge is -2.56. The molecule has 13 heteroatoms. The van der Waals surface area contributed by atoms with Crippen molar-refractivity contribution in [3.8, 4) is 0 Å². The number of nitrogens with zero attached hydrogens (tertiary/aromatic N) is 3. The van der Waals surface area contributed by atoms with Crippen LogP contribution in [0.1, 0.15) is 12.0 Å². The fourth-order valence-corrected chi connectivity index (χ4v) is 6.14. The predicted octanol–water partition coefficient (Wildman–Crippen LogP) is 0.809. The van der Waals surface area contributed by atoms with Crippen LogP contribution in [-0.4, -0.2) is 98.6 Å².